The quantitative estimate of drug-likeness (QED) is 0.670. The van der Waals surface area contributed by atoms with Crippen LogP contribution in [0, 0.1) is 0 Å². The maximum absolute atomic E-state index is 11.9. The third-order valence-electron chi connectivity index (χ3n) is 4.31. The maximum atomic E-state index is 11.9. The predicted molar refractivity (Wildman–Crippen MR) is 80.9 cm³/mol. The van der Waals surface area contributed by atoms with E-state index in [9.17, 15) is 4.79 Å². The molecule has 116 valence electrons. The summed E-state index contributed by atoms with van der Waals surface area (Å²) in [5, 5.41) is 0. The average molecular weight is 293 g/mol. The SMILES string of the molecule is CCOC(=O)CC(B1OC(C)(C)C(C)(C)O1)c1ccc[nH]1. The molecule has 0 aromatic carbocycles. The predicted octanol–water partition coefficient (Wildman–Crippen LogP) is 2.68. The molecule has 2 rings (SSSR count). The van der Waals surface area contributed by atoms with Crippen molar-refractivity contribution in [2.45, 2.75) is 58.1 Å². The molecule has 1 saturated heterocycles. The summed E-state index contributed by atoms with van der Waals surface area (Å²) in [6.45, 7) is 10.2. The van der Waals surface area contributed by atoms with Gasteiger partial charge in [-0.3, -0.25) is 4.79 Å². The number of carbonyl (C=O) groups excluding carboxylic acids is 1. The Kier molecular flexibility index (Phi) is 4.49. The Labute approximate surface area is 126 Å². The molecule has 1 aliphatic rings. The van der Waals surface area contributed by atoms with Gasteiger partial charge in [0.15, 0.2) is 0 Å². The summed E-state index contributed by atoms with van der Waals surface area (Å²) >= 11 is 0. The zero-order valence-corrected chi connectivity index (χ0v) is 13.4. The van der Waals surface area contributed by atoms with Crippen LogP contribution in [-0.4, -0.2) is 35.9 Å². The van der Waals surface area contributed by atoms with E-state index >= 15 is 0 Å². The molecule has 1 unspecified atom stereocenters. The lowest BCUT2D eigenvalue weighted by Crippen LogP contribution is -2.41. The lowest BCUT2D eigenvalue weighted by Gasteiger charge is -2.32. The first-order valence-corrected chi connectivity index (χ1v) is 7.41. The van der Waals surface area contributed by atoms with E-state index in [-0.39, 0.29) is 18.2 Å². The Balaban J connectivity index is 2.19. The monoisotopic (exact) mass is 293 g/mol. The van der Waals surface area contributed by atoms with Crippen LogP contribution in [0.2, 0.25) is 0 Å². The van der Waals surface area contributed by atoms with Crippen LogP contribution >= 0.6 is 0 Å². The van der Waals surface area contributed by atoms with Crippen LogP contribution in [0.5, 0.6) is 0 Å². The van der Waals surface area contributed by atoms with E-state index in [1.54, 1.807) is 6.92 Å². The minimum absolute atomic E-state index is 0.208. The highest BCUT2D eigenvalue weighted by molar-refractivity contribution is 6.48. The van der Waals surface area contributed by atoms with Gasteiger partial charge < -0.3 is 19.0 Å². The summed E-state index contributed by atoms with van der Waals surface area (Å²) in [4.78, 5) is 15.0. The zero-order chi connectivity index (χ0) is 15.7. The summed E-state index contributed by atoms with van der Waals surface area (Å²) in [5.74, 6) is -0.452. The summed E-state index contributed by atoms with van der Waals surface area (Å²) in [6.07, 6.45) is 2.06. The molecule has 1 N–H and O–H groups in total. The molecule has 0 saturated carbocycles. The second-order valence-corrected chi connectivity index (χ2v) is 6.37. The Bertz CT molecular complexity index is 468. The third kappa shape index (κ3) is 3.32. The van der Waals surface area contributed by atoms with Crippen molar-refractivity contribution in [2.24, 2.45) is 0 Å². The van der Waals surface area contributed by atoms with Gasteiger partial charge in [0.1, 0.15) is 0 Å². The van der Waals surface area contributed by atoms with Crippen molar-refractivity contribution in [3.63, 3.8) is 0 Å². The van der Waals surface area contributed by atoms with Crippen molar-refractivity contribution in [1.82, 2.24) is 4.98 Å². The molecule has 1 aromatic rings. The van der Waals surface area contributed by atoms with E-state index < -0.39 is 18.3 Å². The smallest absolute Gasteiger partial charge is 0.466 e. The zero-order valence-electron chi connectivity index (χ0n) is 13.4. The molecule has 0 aliphatic carbocycles. The van der Waals surface area contributed by atoms with Crippen molar-refractivity contribution < 1.29 is 18.8 Å². The number of hydrogen-bond acceptors (Lipinski definition) is 4. The van der Waals surface area contributed by atoms with Gasteiger partial charge in [-0.25, -0.2) is 0 Å². The van der Waals surface area contributed by atoms with E-state index in [1.165, 1.54) is 0 Å². The number of aromatic nitrogens is 1. The van der Waals surface area contributed by atoms with Gasteiger partial charge in [-0.15, -0.1) is 0 Å². The summed E-state index contributed by atoms with van der Waals surface area (Å²) in [5.41, 5.74) is 0.0792. The minimum Gasteiger partial charge on any atom is -0.466 e. The number of esters is 1. The average Bonchev–Trinajstić information content (AvgIpc) is 2.94. The molecule has 2 heterocycles. The molecule has 1 fully saturated rings. The topological polar surface area (TPSA) is 60.6 Å². The van der Waals surface area contributed by atoms with Crippen molar-refractivity contribution in [3.8, 4) is 0 Å². The highest BCUT2D eigenvalue weighted by Gasteiger charge is 2.54. The molecule has 0 spiro atoms. The first-order valence-electron chi connectivity index (χ1n) is 7.41. The fourth-order valence-electron chi connectivity index (χ4n) is 2.38. The fraction of sp³-hybridized carbons (Fsp3) is 0.667. The maximum Gasteiger partial charge on any atom is 0.467 e. The normalized spacial score (nSPS) is 21.3. The number of ether oxygens (including phenoxy) is 1. The van der Waals surface area contributed by atoms with Gasteiger partial charge in [-0.1, -0.05) is 0 Å². The highest BCUT2D eigenvalue weighted by atomic mass is 16.7. The number of hydrogen-bond donors (Lipinski definition) is 1. The second kappa shape index (κ2) is 5.85. The molecule has 0 bridgehead atoms. The minimum atomic E-state index is -0.474. The highest BCUT2D eigenvalue weighted by Crippen LogP contribution is 2.41. The van der Waals surface area contributed by atoms with E-state index in [0.29, 0.717) is 6.61 Å². The van der Waals surface area contributed by atoms with Crippen LogP contribution in [0.4, 0.5) is 0 Å². The Morgan fingerprint density at radius 3 is 2.43 bits per heavy atom. The van der Waals surface area contributed by atoms with Crippen LogP contribution < -0.4 is 0 Å². The number of aromatic amines is 1. The lowest BCUT2D eigenvalue weighted by molar-refractivity contribution is -0.143. The number of H-pyrrole nitrogens is 1. The first-order chi connectivity index (χ1) is 9.77. The lowest BCUT2D eigenvalue weighted by atomic mass is 9.68. The Morgan fingerprint density at radius 2 is 1.95 bits per heavy atom. The van der Waals surface area contributed by atoms with E-state index in [2.05, 4.69) is 4.98 Å². The van der Waals surface area contributed by atoms with Crippen molar-refractivity contribution in [2.75, 3.05) is 6.61 Å². The Morgan fingerprint density at radius 1 is 1.33 bits per heavy atom. The summed E-state index contributed by atoms with van der Waals surface area (Å²) < 4.78 is 17.2. The van der Waals surface area contributed by atoms with E-state index in [4.69, 9.17) is 14.0 Å². The van der Waals surface area contributed by atoms with Gasteiger partial charge in [-0.05, 0) is 46.8 Å². The number of rotatable bonds is 5. The van der Waals surface area contributed by atoms with Crippen molar-refractivity contribution >= 4 is 13.1 Å². The third-order valence-corrected chi connectivity index (χ3v) is 4.31. The molecular formula is C15H24BNO4. The number of carbonyl (C=O) groups is 1. The molecule has 21 heavy (non-hydrogen) atoms. The standard InChI is InChI=1S/C15H24BNO4/c1-6-19-13(18)10-11(12-8-7-9-17-12)16-20-14(2,3)15(4,5)21-16/h7-9,11,17H,6,10H2,1-5H3. The molecule has 1 aromatic heterocycles. The van der Waals surface area contributed by atoms with Gasteiger partial charge in [-0.2, -0.15) is 0 Å². The van der Waals surface area contributed by atoms with Gasteiger partial charge in [0.25, 0.3) is 0 Å². The molecule has 0 amide bonds. The summed E-state index contributed by atoms with van der Waals surface area (Å²) in [6, 6.07) is 3.84. The van der Waals surface area contributed by atoms with E-state index in [1.807, 2.05) is 46.0 Å². The van der Waals surface area contributed by atoms with Crippen LogP contribution in [0.3, 0.4) is 0 Å². The fourth-order valence-corrected chi connectivity index (χ4v) is 2.38. The van der Waals surface area contributed by atoms with Crippen LogP contribution in [-0.2, 0) is 18.8 Å². The summed E-state index contributed by atoms with van der Waals surface area (Å²) in [7, 11) is -0.474. The van der Waals surface area contributed by atoms with Gasteiger partial charge in [0.05, 0.1) is 24.2 Å². The van der Waals surface area contributed by atoms with Gasteiger partial charge in [0.2, 0.25) is 0 Å². The first kappa shape index (κ1) is 16.1. The molecule has 1 aliphatic heterocycles. The van der Waals surface area contributed by atoms with Gasteiger partial charge >= 0.3 is 13.1 Å². The van der Waals surface area contributed by atoms with E-state index in [0.717, 1.165) is 5.69 Å². The van der Waals surface area contributed by atoms with Crippen molar-refractivity contribution in [3.05, 3.63) is 24.0 Å². The second-order valence-electron chi connectivity index (χ2n) is 6.37. The largest absolute Gasteiger partial charge is 0.467 e. The van der Waals surface area contributed by atoms with Gasteiger partial charge in [0, 0.05) is 17.7 Å². The molecule has 5 nitrogen and oxygen atoms in total. The van der Waals surface area contributed by atoms with Crippen molar-refractivity contribution in [1.29, 1.82) is 0 Å². The van der Waals surface area contributed by atoms with Crippen LogP contribution in [0.15, 0.2) is 18.3 Å². The molecular weight excluding hydrogens is 269 g/mol. The number of nitrogens with one attached hydrogen (secondary N) is 1. The molecule has 0 radical (unpaired) electrons. The Hall–Kier alpha value is -1.27. The van der Waals surface area contributed by atoms with Crippen LogP contribution in [0.25, 0.3) is 0 Å². The molecule has 1 atom stereocenters. The molecule has 6 heteroatoms. The van der Waals surface area contributed by atoms with Crippen LogP contribution in [0.1, 0.15) is 52.6 Å².